The van der Waals surface area contributed by atoms with Crippen molar-refractivity contribution in [2.75, 3.05) is 13.1 Å². The summed E-state index contributed by atoms with van der Waals surface area (Å²) in [6.07, 6.45) is 8.76. The minimum Gasteiger partial charge on any atom is -0.311 e. The number of nitrogens with zero attached hydrogens (tertiary/aromatic N) is 1. The lowest BCUT2D eigenvalue weighted by Gasteiger charge is -2.52. The van der Waals surface area contributed by atoms with E-state index in [1.54, 1.807) is 0 Å². The van der Waals surface area contributed by atoms with Crippen molar-refractivity contribution in [1.82, 2.24) is 10.2 Å². The van der Waals surface area contributed by atoms with E-state index < -0.39 is 0 Å². The Bertz CT molecular complexity index is 291. The first-order valence-electron chi connectivity index (χ1n) is 8.11. The zero-order chi connectivity index (χ0) is 12.8. The summed E-state index contributed by atoms with van der Waals surface area (Å²) in [4.78, 5) is 2.93. The lowest BCUT2D eigenvalue weighted by Crippen LogP contribution is -2.67. The molecule has 0 spiro atoms. The van der Waals surface area contributed by atoms with Crippen LogP contribution in [0.15, 0.2) is 0 Å². The zero-order valence-corrected chi connectivity index (χ0v) is 12.4. The minimum absolute atomic E-state index is 0.459. The van der Waals surface area contributed by atoms with Gasteiger partial charge < -0.3 is 5.32 Å². The van der Waals surface area contributed by atoms with Gasteiger partial charge >= 0.3 is 0 Å². The highest BCUT2D eigenvalue weighted by atomic mass is 15.3. The SMILES string of the molecule is CC(C)C1CN(C2CCCC2)C(C)(C2CC2)CN1. The van der Waals surface area contributed by atoms with Crippen LogP contribution in [-0.2, 0) is 0 Å². The van der Waals surface area contributed by atoms with Crippen LogP contribution in [0.4, 0.5) is 0 Å². The van der Waals surface area contributed by atoms with Crippen LogP contribution in [0.5, 0.6) is 0 Å². The molecule has 2 saturated carbocycles. The van der Waals surface area contributed by atoms with Crippen molar-refractivity contribution in [3.05, 3.63) is 0 Å². The monoisotopic (exact) mass is 250 g/mol. The molecule has 2 heteroatoms. The van der Waals surface area contributed by atoms with Gasteiger partial charge in [0.1, 0.15) is 0 Å². The molecular weight excluding hydrogens is 220 g/mol. The summed E-state index contributed by atoms with van der Waals surface area (Å²) < 4.78 is 0. The normalized spacial score (nSPS) is 39.7. The zero-order valence-electron chi connectivity index (χ0n) is 12.4. The molecule has 1 aliphatic heterocycles. The first kappa shape index (κ1) is 12.9. The first-order valence-corrected chi connectivity index (χ1v) is 8.11. The van der Waals surface area contributed by atoms with E-state index in [9.17, 15) is 0 Å². The predicted octanol–water partition coefficient (Wildman–Crippen LogP) is 3.03. The lowest BCUT2D eigenvalue weighted by atomic mass is 9.85. The highest BCUT2D eigenvalue weighted by molar-refractivity contribution is 5.07. The molecule has 0 aromatic rings. The molecule has 0 aromatic carbocycles. The van der Waals surface area contributed by atoms with E-state index >= 15 is 0 Å². The second-order valence-corrected chi connectivity index (χ2v) is 7.45. The molecule has 2 nitrogen and oxygen atoms in total. The fourth-order valence-electron chi connectivity index (χ4n) is 4.24. The molecule has 3 aliphatic rings. The smallest absolute Gasteiger partial charge is 0.0337 e. The van der Waals surface area contributed by atoms with Gasteiger partial charge in [0.15, 0.2) is 0 Å². The van der Waals surface area contributed by atoms with Crippen LogP contribution >= 0.6 is 0 Å². The maximum Gasteiger partial charge on any atom is 0.0337 e. The molecule has 1 N–H and O–H groups in total. The molecule has 3 rings (SSSR count). The van der Waals surface area contributed by atoms with Crippen LogP contribution in [0, 0.1) is 11.8 Å². The van der Waals surface area contributed by atoms with Crippen LogP contribution in [0.1, 0.15) is 59.3 Å². The number of hydrogen-bond acceptors (Lipinski definition) is 2. The van der Waals surface area contributed by atoms with Gasteiger partial charge in [-0.2, -0.15) is 0 Å². The highest BCUT2D eigenvalue weighted by Gasteiger charge is 2.50. The second-order valence-electron chi connectivity index (χ2n) is 7.45. The standard InChI is InChI=1S/C16H30N2/c1-12(2)15-10-18(14-6-4-5-7-14)16(3,11-17-15)13-8-9-13/h12-15,17H,4-11H2,1-3H3. The van der Waals surface area contributed by atoms with Gasteiger partial charge in [-0.05, 0) is 44.4 Å². The molecule has 0 aromatic heterocycles. The number of rotatable bonds is 3. The minimum atomic E-state index is 0.459. The fraction of sp³-hybridized carbons (Fsp3) is 1.00. The molecule has 2 aliphatic carbocycles. The van der Waals surface area contributed by atoms with E-state index in [0.717, 1.165) is 17.9 Å². The van der Waals surface area contributed by atoms with E-state index in [2.05, 4.69) is 31.0 Å². The maximum absolute atomic E-state index is 3.84. The van der Waals surface area contributed by atoms with Gasteiger partial charge in [-0.3, -0.25) is 4.90 Å². The summed E-state index contributed by atoms with van der Waals surface area (Å²) >= 11 is 0. The summed E-state index contributed by atoms with van der Waals surface area (Å²) in [5.41, 5.74) is 0.459. The Morgan fingerprint density at radius 3 is 2.33 bits per heavy atom. The van der Waals surface area contributed by atoms with Crippen molar-refractivity contribution in [3.8, 4) is 0 Å². The molecule has 104 valence electrons. The highest BCUT2D eigenvalue weighted by Crippen LogP contribution is 2.46. The molecule has 0 radical (unpaired) electrons. The average Bonchev–Trinajstić information content (AvgIpc) is 3.07. The summed E-state index contributed by atoms with van der Waals surface area (Å²) in [6, 6.07) is 1.59. The molecule has 2 unspecified atom stereocenters. The summed E-state index contributed by atoms with van der Waals surface area (Å²) in [7, 11) is 0. The number of hydrogen-bond donors (Lipinski definition) is 1. The molecule has 1 saturated heterocycles. The molecule has 3 fully saturated rings. The van der Waals surface area contributed by atoms with Gasteiger partial charge in [-0.1, -0.05) is 26.7 Å². The van der Waals surface area contributed by atoms with Crippen molar-refractivity contribution >= 4 is 0 Å². The average molecular weight is 250 g/mol. The van der Waals surface area contributed by atoms with Gasteiger partial charge in [0.2, 0.25) is 0 Å². The number of piperazine rings is 1. The Hall–Kier alpha value is -0.0800. The number of nitrogens with one attached hydrogen (secondary N) is 1. The van der Waals surface area contributed by atoms with Crippen molar-refractivity contribution in [1.29, 1.82) is 0 Å². The van der Waals surface area contributed by atoms with Gasteiger partial charge in [0.25, 0.3) is 0 Å². The van der Waals surface area contributed by atoms with Crippen LogP contribution in [-0.4, -0.2) is 35.6 Å². The van der Waals surface area contributed by atoms with Gasteiger partial charge in [0, 0.05) is 30.7 Å². The summed E-state index contributed by atoms with van der Waals surface area (Å²) in [5, 5.41) is 3.84. The first-order chi connectivity index (χ1) is 8.61. The van der Waals surface area contributed by atoms with Crippen molar-refractivity contribution in [2.24, 2.45) is 11.8 Å². The van der Waals surface area contributed by atoms with Gasteiger partial charge in [-0.15, -0.1) is 0 Å². The van der Waals surface area contributed by atoms with Crippen LogP contribution in [0.3, 0.4) is 0 Å². The van der Waals surface area contributed by atoms with E-state index in [0.29, 0.717) is 11.6 Å². The largest absolute Gasteiger partial charge is 0.311 e. The molecular formula is C16H30N2. The van der Waals surface area contributed by atoms with Crippen molar-refractivity contribution < 1.29 is 0 Å². The van der Waals surface area contributed by atoms with E-state index in [4.69, 9.17) is 0 Å². The van der Waals surface area contributed by atoms with Crippen LogP contribution in [0.2, 0.25) is 0 Å². The molecule has 1 heterocycles. The van der Waals surface area contributed by atoms with E-state index in [-0.39, 0.29) is 0 Å². The van der Waals surface area contributed by atoms with Gasteiger partial charge in [0.05, 0.1) is 0 Å². The Labute approximate surface area is 113 Å². The predicted molar refractivity (Wildman–Crippen MR) is 76.7 cm³/mol. The third-order valence-corrected chi connectivity index (χ3v) is 5.80. The third-order valence-electron chi connectivity index (χ3n) is 5.80. The Morgan fingerprint density at radius 2 is 1.78 bits per heavy atom. The third kappa shape index (κ3) is 2.22. The Morgan fingerprint density at radius 1 is 1.11 bits per heavy atom. The molecule has 0 bridgehead atoms. The van der Waals surface area contributed by atoms with Crippen molar-refractivity contribution in [2.45, 2.75) is 76.9 Å². The molecule has 18 heavy (non-hydrogen) atoms. The summed E-state index contributed by atoms with van der Waals surface area (Å²) in [6.45, 7) is 9.77. The fourth-order valence-corrected chi connectivity index (χ4v) is 4.24. The van der Waals surface area contributed by atoms with Crippen LogP contribution in [0.25, 0.3) is 0 Å². The van der Waals surface area contributed by atoms with E-state index in [1.165, 1.54) is 51.6 Å². The van der Waals surface area contributed by atoms with Crippen LogP contribution < -0.4 is 5.32 Å². The van der Waals surface area contributed by atoms with Gasteiger partial charge in [-0.25, -0.2) is 0 Å². The quantitative estimate of drug-likeness (QED) is 0.828. The topological polar surface area (TPSA) is 15.3 Å². The molecule has 2 atom stereocenters. The summed E-state index contributed by atoms with van der Waals surface area (Å²) in [5.74, 6) is 1.73. The van der Waals surface area contributed by atoms with E-state index in [1.807, 2.05) is 0 Å². The Kier molecular flexibility index (Phi) is 3.44. The maximum atomic E-state index is 3.84. The Balaban J connectivity index is 1.77. The second kappa shape index (κ2) is 4.79. The van der Waals surface area contributed by atoms with Crippen molar-refractivity contribution in [3.63, 3.8) is 0 Å². The lowest BCUT2D eigenvalue weighted by molar-refractivity contribution is -0.00767. The molecule has 0 amide bonds.